The molecule has 1 aliphatic heterocycles. The first-order valence-corrected chi connectivity index (χ1v) is 6.59. The van der Waals surface area contributed by atoms with Crippen LogP contribution in [0.4, 0.5) is 32.2 Å². The Labute approximate surface area is 130 Å². The maximum atomic E-state index is 13.5. The Bertz CT molecular complexity index is 816. The fourth-order valence-corrected chi connectivity index (χ4v) is 2.48. The quantitative estimate of drug-likeness (QED) is 0.776. The fourth-order valence-electron chi connectivity index (χ4n) is 2.48. The van der Waals surface area contributed by atoms with Crippen LogP contribution in [-0.2, 0) is 19.6 Å². The van der Waals surface area contributed by atoms with Crippen LogP contribution in [0.5, 0.6) is 0 Å². The molecule has 2 rings (SSSR count). The summed E-state index contributed by atoms with van der Waals surface area (Å²) in [5, 5.41) is 2.22. The summed E-state index contributed by atoms with van der Waals surface area (Å²) in [6.07, 6.45) is -12.2. The maximum absolute atomic E-state index is 13.5. The van der Waals surface area contributed by atoms with Crippen LogP contribution >= 0.6 is 0 Å². The van der Waals surface area contributed by atoms with Gasteiger partial charge in [-0.25, -0.2) is 9.79 Å². The Balaban J connectivity index is 3.14. The first-order valence-electron chi connectivity index (χ1n) is 6.59. The number of amidine groups is 1. The Kier molecular flexibility index (Phi) is 3.85. The normalized spacial score (nSPS) is 17.1. The molecular weight excluding hydrogens is 346 g/mol. The van der Waals surface area contributed by atoms with Crippen molar-refractivity contribution >= 4 is 11.7 Å². The molecule has 1 N–H and O–H groups in total. The number of anilines is 1. The van der Waals surface area contributed by atoms with E-state index in [-0.39, 0.29) is 11.0 Å². The SMILES string of the molecule is CCC1=NC(C(F)(F)F)(C(F)(F)F)c2c(n(C)c(=O)n(C)c2=O)N1. The number of nitrogens with one attached hydrogen (secondary N) is 1. The summed E-state index contributed by atoms with van der Waals surface area (Å²) in [6, 6.07) is 0. The topological polar surface area (TPSA) is 68.4 Å². The Morgan fingerprint density at radius 1 is 1.04 bits per heavy atom. The average molecular weight is 358 g/mol. The highest BCUT2D eigenvalue weighted by Crippen LogP contribution is 2.55. The second-order valence-corrected chi connectivity index (χ2v) is 5.17. The van der Waals surface area contributed by atoms with E-state index in [0.29, 0.717) is 4.57 Å². The van der Waals surface area contributed by atoms with E-state index in [1.54, 1.807) is 0 Å². The van der Waals surface area contributed by atoms with Crippen LogP contribution < -0.4 is 16.6 Å². The minimum Gasteiger partial charge on any atom is -0.330 e. The number of hydrogen-bond donors (Lipinski definition) is 1. The molecular formula is C12H12F6N4O2. The number of rotatable bonds is 1. The van der Waals surface area contributed by atoms with Gasteiger partial charge < -0.3 is 5.32 Å². The molecule has 0 saturated heterocycles. The van der Waals surface area contributed by atoms with Crippen molar-refractivity contribution in [3.8, 4) is 0 Å². The number of hydrogen-bond acceptors (Lipinski definition) is 4. The van der Waals surface area contributed by atoms with Gasteiger partial charge in [-0.15, -0.1) is 0 Å². The van der Waals surface area contributed by atoms with Crippen molar-refractivity contribution in [2.75, 3.05) is 5.32 Å². The Morgan fingerprint density at radius 2 is 1.54 bits per heavy atom. The second-order valence-electron chi connectivity index (χ2n) is 5.17. The number of nitrogens with zero attached hydrogens (tertiary/aromatic N) is 3. The zero-order chi connectivity index (χ0) is 18.7. The second kappa shape index (κ2) is 5.11. The van der Waals surface area contributed by atoms with E-state index < -0.39 is 46.4 Å². The van der Waals surface area contributed by atoms with Crippen LogP contribution in [0.2, 0.25) is 0 Å². The monoisotopic (exact) mass is 358 g/mol. The third-order valence-electron chi connectivity index (χ3n) is 3.75. The van der Waals surface area contributed by atoms with E-state index in [0.717, 1.165) is 14.1 Å². The van der Waals surface area contributed by atoms with Gasteiger partial charge in [0, 0.05) is 20.5 Å². The molecule has 0 bridgehead atoms. The van der Waals surface area contributed by atoms with Gasteiger partial charge in [-0.05, 0) is 0 Å². The number of alkyl halides is 6. The standard InChI is InChI=1S/C12H12F6N4O2/c1-4-5-19-7-6(8(23)22(3)9(24)21(7)2)10(20-5,11(13,14)15)12(16,17)18/h4H2,1-3H3,(H,19,20). The molecule has 24 heavy (non-hydrogen) atoms. The van der Waals surface area contributed by atoms with Crippen LogP contribution in [0, 0.1) is 0 Å². The molecule has 0 unspecified atom stereocenters. The third-order valence-corrected chi connectivity index (χ3v) is 3.75. The van der Waals surface area contributed by atoms with Crippen molar-refractivity contribution in [3.63, 3.8) is 0 Å². The summed E-state index contributed by atoms with van der Waals surface area (Å²) >= 11 is 0. The smallest absolute Gasteiger partial charge is 0.330 e. The van der Waals surface area contributed by atoms with Crippen molar-refractivity contribution in [2.24, 2.45) is 19.1 Å². The van der Waals surface area contributed by atoms with Crippen molar-refractivity contribution in [1.29, 1.82) is 0 Å². The lowest BCUT2D eigenvalue weighted by Gasteiger charge is -2.38. The molecule has 0 atom stereocenters. The van der Waals surface area contributed by atoms with Crippen LogP contribution in [0.1, 0.15) is 18.9 Å². The van der Waals surface area contributed by atoms with E-state index >= 15 is 0 Å². The molecule has 0 saturated carbocycles. The lowest BCUT2D eigenvalue weighted by Crippen LogP contribution is -2.60. The number of aromatic nitrogens is 2. The summed E-state index contributed by atoms with van der Waals surface area (Å²) in [6.45, 7) is 1.29. The van der Waals surface area contributed by atoms with Gasteiger partial charge in [0.15, 0.2) is 0 Å². The first-order chi connectivity index (χ1) is 10.8. The first kappa shape index (κ1) is 18.1. The third kappa shape index (κ3) is 2.15. The molecule has 134 valence electrons. The van der Waals surface area contributed by atoms with Gasteiger partial charge in [0.25, 0.3) is 11.1 Å². The van der Waals surface area contributed by atoms with Crippen LogP contribution in [-0.4, -0.2) is 27.3 Å². The predicted octanol–water partition coefficient (Wildman–Crippen LogP) is 1.64. The molecule has 1 aromatic heterocycles. The van der Waals surface area contributed by atoms with Crippen LogP contribution in [0.25, 0.3) is 0 Å². The van der Waals surface area contributed by atoms with Gasteiger partial charge in [-0.2, -0.15) is 26.3 Å². The van der Waals surface area contributed by atoms with Crippen LogP contribution in [0.3, 0.4) is 0 Å². The number of fused-ring (bicyclic) bond motifs is 1. The summed E-state index contributed by atoms with van der Waals surface area (Å²) in [5.74, 6) is -1.51. The van der Waals surface area contributed by atoms with Crippen molar-refractivity contribution in [1.82, 2.24) is 9.13 Å². The Hall–Kier alpha value is -2.27. The number of halogens is 6. The summed E-state index contributed by atoms with van der Waals surface area (Å²) < 4.78 is 81.9. The summed E-state index contributed by atoms with van der Waals surface area (Å²) in [5.41, 5.74) is -9.20. The van der Waals surface area contributed by atoms with Gasteiger partial charge in [-0.3, -0.25) is 13.9 Å². The lowest BCUT2D eigenvalue weighted by atomic mass is 9.88. The molecule has 0 spiro atoms. The number of aliphatic imine (C=N–C) groups is 1. The van der Waals surface area contributed by atoms with Crippen molar-refractivity contribution < 1.29 is 26.3 Å². The highest BCUT2D eigenvalue weighted by Gasteiger charge is 2.75. The predicted molar refractivity (Wildman–Crippen MR) is 72.1 cm³/mol. The highest BCUT2D eigenvalue weighted by molar-refractivity contribution is 5.97. The van der Waals surface area contributed by atoms with Crippen molar-refractivity contribution in [2.45, 2.75) is 31.2 Å². The fraction of sp³-hybridized carbons (Fsp3) is 0.583. The lowest BCUT2D eigenvalue weighted by molar-refractivity contribution is -0.301. The zero-order valence-electron chi connectivity index (χ0n) is 12.6. The largest absolute Gasteiger partial charge is 0.427 e. The molecule has 1 aromatic rings. The molecule has 0 fully saturated rings. The average Bonchev–Trinajstić information content (AvgIpc) is 2.47. The van der Waals surface area contributed by atoms with E-state index in [9.17, 15) is 35.9 Å². The van der Waals surface area contributed by atoms with E-state index in [2.05, 4.69) is 10.3 Å². The molecule has 0 aromatic carbocycles. The van der Waals surface area contributed by atoms with E-state index in [1.165, 1.54) is 6.92 Å². The van der Waals surface area contributed by atoms with Gasteiger partial charge in [0.2, 0.25) is 0 Å². The van der Waals surface area contributed by atoms with Gasteiger partial charge >= 0.3 is 18.0 Å². The van der Waals surface area contributed by atoms with Gasteiger partial charge in [0.1, 0.15) is 17.2 Å². The molecule has 0 radical (unpaired) electrons. The van der Waals surface area contributed by atoms with Crippen LogP contribution in [0.15, 0.2) is 14.6 Å². The molecule has 6 nitrogen and oxygen atoms in total. The minimum atomic E-state index is -5.94. The van der Waals surface area contributed by atoms with Gasteiger partial charge in [-0.1, -0.05) is 6.92 Å². The van der Waals surface area contributed by atoms with E-state index in [1.807, 2.05) is 0 Å². The van der Waals surface area contributed by atoms with E-state index in [4.69, 9.17) is 0 Å². The maximum Gasteiger partial charge on any atom is 0.427 e. The van der Waals surface area contributed by atoms with Crippen molar-refractivity contribution in [3.05, 3.63) is 26.4 Å². The Morgan fingerprint density at radius 3 is 1.96 bits per heavy atom. The summed E-state index contributed by atoms with van der Waals surface area (Å²) in [4.78, 5) is 26.8. The summed E-state index contributed by atoms with van der Waals surface area (Å²) in [7, 11) is 1.76. The van der Waals surface area contributed by atoms with Gasteiger partial charge in [0.05, 0.1) is 0 Å². The minimum absolute atomic E-state index is 0.180. The molecule has 0 aliphatic carbocycles. The highest BCUT2D eigenvalue weighted by atomic mass is 19.4. The molecule has 12 heteroatoms. The molecule has 2 heterocycles. The zero-order valence-corrected chi connectivity index (χ0v) is 12.6. The molecule has 0 amide bonds. The molecule has 1 aliphatic rings.